The molecule has 160 valence electrons. The number of ether oxygens (including phenoxy) is 1. The minimum atomic E-state index is -4.44. The van der Waals surface area contributed by atoms with Gasteiger partial charge < -0.3 is 20.1 Å². The number of aromatic nitrogens is 1. The zero-order valence-electron chi connectivity index (χ0n) is 16.2. The summed E-state index contributed by atoms with van der Waals surface area (Å²) in [6, 6.07) is 12.8. The zero-order valence-corrected chi connectivity index (χ0v) is 16.2. The quantitative estimate of drug-likeness (QED) is 0.644. The fourth-order valence-corrected chi connectivity index (χ4v) is 3.31. The van der Waals surface area contributed by atoms with Gasteiger partial charge in [-0.25, -0.2) is 4.98 Å². The molecule has 31 heavy (non-hydrogen) atoms. The van der Waals surface area contributed by atoms with Crippen LogP contribution in [0, 0.1) is 0 Å². The molecule has 0 aliphatic carbocycles. The summed E-state index contributed by atoms with van der Waals surface area (Å²) in [4.78, 5) is 19.1. The maximum atomic E-state index is 12.8. The molecule has 0 bridgehead atoms. The van der Waals surface area contributed by atoms with Crippen LogP contribution in [0.1, 0.15) is 21.5 Å². The number of nitrogens with one attached hydrogen (secondary N) is 1. The predicted molar refractivity (Wildman–Crippen MR) is 109 cm³/mol. The highest BCUT2D eigenvalue weighted by Crippen LogP contribution is 2.39. The van der Waals surface area contributed by atoms with Gasteiger partial charge in [-0.2, -0.15) is 13.2 Å². The van der Waals surface area contributed by atoms with Gasteiger partial charge >= 0.3 is 6.18 Å². The molecule has 1 aliphatic heterocycles. The molecule has 1 aliphatic rings. The summed E-state index contributed by atoms with van der Waals surface area (Å²) in [6.45, 7) is 0.684. The van der Waals surface area contributed by atoms with Gasteiger partial charge in [-0.15, -0.1) is 0 Å². The number of hydrogen-bond donors (Lipinski definition) is 2. The molecule has 0 fully saturated rings. The number of fused-ring (bicyclic) bond motifs is 1. The van der Waals surface area contributed by atoms with E-state index in [1.807, 2.05) is 4.90 Å². The van der Waals surface area contributed by atoms with Gasteiger partial charge in [0.2, 0.25) is 0 Å². The lowest BCUT2D eigenvalue weighted by molar-refractivity contribution is -0.137. The van der Waals surface area contributed by atoms with Crippen molar-refractivity contribution in [1.29, 1.82) is 0 Å². The summed E-state index contributed by atoms with van der Waals surface area (Å²) in [5.74, 6) is 0.460. The van der Waals surface area contributed by atoms with E-state index in [9.17, 15) is 23.1 Å². The van der Waals surface area contributed by atoms with Crippen LogP contribution in [-0.4, -0.2) is 29.1 Å². The number of rotatable bonds is 4. The summed E-state index contributed by atoms with van der Waals surface area (Å²) >= 11 is 0. The predicted octanol–water partition coefficient (Wildman–Crippen LogP) is 4.38. The number of halogens is 3. The number of aliphatic hydroxyl groups excluding tert-OH is 1. The molecule has 0 saturated carbocycles. The summed E-state index contributed by atoms with van der Waals surface area (Å²) in [5.41, 5.74) is 1.03. The van der Waals surface area contributed by atoms with Crippen LogP contribution in [0.3, 0.4) is 0 Å². The number of aliphatic hydroxyl groups is 1. The summed E-state index contributed by atoms with van der Waals surface area (Å²) in [7, 11) is 0. The maximum Gasteiger partial charge on any atom is 0.416 e. The number of carbonyl (C=O) groups excluding carboxylic acids is 1. The number of anilines is 3. The third-order valence-corrected chi connectivity index (χ3v) is 4.83. The first kappa shape index (κ1) is 20.7. The smallest absolute Gasteiger partial charge is 0.416 e. The zero-order chi connectivity index (χ0) is 22.0. The third kappa shape index (κ3) is 4.31. The standard InChI is InChI=1S/C22H18F3N3O3/c23-22(24,25)15-4-6-16(7-5-15)27-21(30)17-2-1-3-18-20(17)31-11-10-28(18)19-12-14(13-29)8-9-26-19/h1-9,12,29H,10-11,13H2,(H,27,30). The van der Waals surface area contributed by atoms with Crippen molar-refractivity contribution in [2.75, 3.05) is 23.4 Å². The Balaban J connectivity index is 1.61. The molecule has 0 atom stereocenters. The van der Waals surface area contributed by atoms with Crippen LogP contribution in [-0.2, 0) is 12.8 Å². The number of amides is 1. The molecule has 0 unspecified atom stereocenters. The van der Waals surface area contributed by atoms with E-state index in [1.54, 1.807) is 36.5 Å². The Hall–Kier alpha value is -3.59. The first-order chi connectivity index (χ1) is 14.9. The highest BCUT2D eigenvalue weighted by Gasteiger charge is 2.30. The Labute approximate surface area is 175 Å². The largest absolute Gasteiger partial charge is 0.489 e. The van der Waals surface area contributed by atoms with Crippen LogP contribution in [0.15, 0.2) is 60.8 Å². The SMILES string of the molecule is O=C(Nc1ccc(C(F)(F)F)cc1)c1cccc2c1OCCN2c1cc(CO)ccn1. The number of carbonyl (C=O) groups is 1. The number of para-hydroxylation sites is 1. The van der Waals surface area contributed by atoms with E-state index in [4.69, 9.17) is 4.74 Å². The number of benzene rings is 2. The van der Waals surface area contributed by atoms with Crippen LogP contribution < -0.4 is 15.0 Å². The minimum Gasteiger partial charge on any atom is -0.489 e. The fraction of sp³-hybridized carbons (Fsp3) is 0.182. The average Bonchev–Trinajstić information content (AvgIpc) is 2.78. The van der Waals surface area contributed by atoms with Crippen LogP contribution in [0.5, 0.6) is 5.75 Å². The van der Waals surface area contributed by atoms with Crippen molar-refractivity contribution in [3.05, 3.63) is 77.5 Å². The molecular weight excluding hydrogens is 411 g/mol. The maximum absolute atomic E-state index is 12.8. The molecule has 4 rings (SSSR count). The highest BCUT2D eigenvalue weighted by atomic mass is 19.4. The van der Waals surface area contributed by atoms with Crippen molar-refractivity contribution in [2.45, 2.75) is 12.8 Å². The van der Waals surface area contributed by atoms with Crippen LogP contribution in [0.2, 0.25) is 0 Å². The Kier molecular flexibility index (Phi) is 5.51. The van der Waals surface area contributed by atoms with Gasteiger partial charge in [0.1, 0.15) is 12.4 Å². The molecule has 0 spiro atoms. The first-order valence-electron chi connectivity index (χ1n) is 9.44. The van der Waals surface area contributed by atoms with E-state index in [2.05, 4.69) is 10.3 Å². The van der Waals surface area contributed by atoms with E-state index < -0.39 is 17.6 Å². The van der Waals surface area contributed by atoms with Gasteiger partial charge in [0.15, 0.2) is 5.75 Å². The van der Waals surface area contributed by atoms with E-state index in [0.29, 0.717) is 36.0 Å². The lowest BCUT2D eigenvalue weighted by Gasteiger charge is -2.31. The van der Waals surface area contributed by atoms with E-state index in [0.717, 1.165) is 12.1 Å². The van der Waals surface area contributed by atoms with Gasteiger partial charge in [0.25, 0.3) is 5.91 Å². The summed E-state index contributed by atoms with van der Waals surface area (Å²) < 4.78 is 44.0. The van der Waals surface area contributed by atoms with Crippen LogP contribution in [0.25, 0.3) is 0 Å². The minimum absolute atomic E-state index is 0.123. The number of pyridine rings is 1. The normalized spacial score (nSPS) is 13.4. The molecule has 0 saturated heterocycles. The van der Waals surface area contributed by atoms with E-state index in [1.165, 1.54) is 12.1 Å². The van der Waals surface area contributed by atoms with Gasteiger partial charge in [-0.3, -0.25) is 4.79 Å². The van der Waals surface area contributed by atoms with Crippen molar-refractivity contribution in [2.24, 2.45) is 0 Å². The molecule has 3 aromatic rings. The second-order valence-corrected chi connectivity index (χ2v) is 6.86. The lowest BCUT2D eigenvalue weighted by atomic mass is 10.1. The van der Waals surface area contributed by atoms with Crippen LogP contribution >= 0.6 is 0 Å². The lowest BCUT2D eigenvalue weighted by Crippen LogP contribution is -2.30. The molecular formula is C22H18F3N3O3. The molecule has 6 nitrogen and oxygen atoms in total. The van der Waals surface area contributed by atoms with Crippen molar-refractivity contribution < 1.29 is 27.8 Å². The molecule has 2 N–H and O–H groups in total. The third-order valence-electron chi connectivity index (χ3n) is 4.83. The molecule has 1 amide bonds. The average molecular weight is 429 g/mol. The number of hydrogen-bond acceptors (Lipinski definition) is 5. The molecule has 9 heteroatoms. The first-order valence-corrected chi connectivity index (χ1v) is 9.44. The summed E-state index contributed by atoms with van der Waals surface area (Å²) in [5, 5.41) is 12.0. The topological polar surface area (TPSA) is 74.7 Å². The van der Waals surface area contributed by atoms with Gasteiger partial charge in [-0.1, -0.05) is 6.07 Å². The Morgan fingerprint density at radius 1 is 1.16 bits per heavy atom. The van der Waals surface area contributed by atoms with Gasteiger partial charge in [-0.05, 0) is 54.1 Å². The van der Waals surface area contributed by atoms with Crippen molar-refractivity contribution in [3.63, 3.8) is 0 Å². The van der Waals surface area contributed by atoms with Crippen molar-refractivity contribution in [3.8, 4) is 5.75 Å². The molecule has 2 heterocycles. The Morgan fingerprint density at radius 3 is 2.65 bits per heavy atom. The van der Waals surface area contributed by atoms with E-state index >= 15 is 0 Å². The van der Waals surface area contributed by atoms with E-state index in [-0.39, 0.29) is 17.9 Å². The van der Waals surface area contributed by atoms with Gasteiger partial charge in [0.05, 0.1) is 30.0 Å². The summed E-state index contributed by atoms with van der Waals surface area (Å²) in [6.07, 6.45) is -2.85. The van der Waals surface area contributed by atoms with Crippen LogP contribution in [0.4, 0.5) is 30.4 Å². The fourth-order valence-electron chi connectivity index (χ4n) is 3.31. The Morgan fingerprint density at radius 2 is 1.94 bits per heavy atom. The highest BCUT2D eigenvalue weighted by molar-refractivity contribution is 6.07. The van der Waals surface area contributed by atoms with Gasteiger partial charge in [0, 0.05) is 11.9 Å². The second kappa shape index (κ2) is 8.27. The Bertz CT molecular complexity index is 1100. The molecule has 2 aromatic carbocycles. The molecule has 1 aromatic heterocycles. The molecule has 0 radical (unpaired) electrons. The number of nitrogens with zero attached hydrogens (tertiary/aromatic N) is 2. The monoisotopic (exact) mass is 429 g/mol. The number of alkyl halides is 3. The second-order valence-electron chi connectivity index (χ2n) is 6.86. The van der Waals surface area contributed by atoms with Crippen molar-refractivity contribution >= 4 is 23.1 Å². The van der Waals surface area contributed by atoms with Crippen molar-refractivity contribution in [1.82, 2.24) is 4.98 Å².